The van der Waals surface area contributed by atoms with Crippen molar-refractivity contribution >= 4 is 5.97 Å². The zero-order chi connectivity index (χ0) is 14.8. The molecule has 0 amide bonds. The first-order chi connectivity index (χ1) is 10.1. The molecule has 2 aliphatic rings. The molecule has 1 N–H and O–H groups in total. The third kappa shape index (κ3) is 3.27. The van der Waals surface area contributed by atoms with Crippen molar-refractivity contribution in [2.75, 3.05) is 26.2 Å². The molecule has 1 unspecified atom stereocenters. The van der Waals surface area contributed by atoms with Crippen LogP contribution in [-0.4, -0.2) is 53.1 Å². The van der Waals surface area contributed by atoms with Crippen LogP contribution in [0.15, 0.2) is 18.2 Å². The Labute approximate surface area is 126 Å². The van der Waals surface area contributed by atoms with Crippen LogP contribution in [0, 0.1) is 6.92 Å². The van der Waals surface area contributed by atoms with Crippen molar-refractivity contribution in [2.24, 2.45) is 0 Å². The summed E-state index contributed by atoms with van der Waals surface area (Å²) in [6.07, 6.45) is 4.04. The van der Waals surface area contributed by atoms with Gasteiger partial charge in [0.15, 0.2) is 0 Å². The van der Waals surface area contributed by atoms with Gasteiger partial charge >= 0.3 is 5.97 Å². The van der Waals surface area contributed by atoms with Crippen molar-refractivity contribution in [1.29, 1.82) is 0 Å². The molecule has 2 saturated heterocycles. The number of benzene rings is 1. The average molecular weight is 288 g/mol. The van der Waals surface area contributed by atoms with Gasteiger partial charge in [0.2, 0.25) is 0 Å². The molecule has 114 valence electrons. The molecule has 1 aromatic rings. The lowest BCUT2D eigenvalue weighted by molar-refractivity contribution is 0.0456. The molecule has 1 aromatic carbocycles. The Morgan fingerprint density at radius 1 is 1.29 bits per heavy atom. The minimum absolute atomic E-state index is 0.383. The van der Waals surface area contributed by atoms with E-state index >= 15 is 0 Å². The Kier molecular flexibility index (Phi) is 4.27. The van der Waals surface area contributed by atoms with E-state index in [2.05, 4.69) is 9.80 Å². The number of carboxylic acids is 1. The Morgan fingerprint density at radius 2 is 2.14 bits per heavy atom. The maximum atomic E-state index is 11.0. The number of rotatable bonds is 3. The summed E-state index contributed by atoms with van der Waals surface area (Å²) < 4.78 is 0. The first-order valence-corrected chi connectivity index (χ1v) is 7.93. The molecule has 2 heterocycles. The highest BCUT2D eigenvalue weighted by molar-refractivity contribution is 5.87. The van der Waals surface area contributed by atoms with Gasteiger partial charge in [0.05, 0.1) is 5.56 Å². The Morgan fingerprint density at radius 3 is 2.90 bits per heavy atom. The highest BCUT2D eigenvalue weighted by Crippen LogP contribution is 2.23. The third-order valence-corrected chi connectivity index (χ3v) is 4.90. The van der Waals surface area contributed by atoms with Crippen LogP contribution in [-0.2, 0) is 6.54 Å². The lowest BCUT2D eigenvalue weighted by Crippen LogP contribution is -2.54. The van der Waals surface area contributed by atoms with Crippen LogP contribution < -0.4 is 0 Å². The highest BCUT2D eigenvalue weighted by Gasteiger charge is 2.28. The maximum absolute atomic E-state index is 11.0. The summed E-state index contributed by atoms with van der Waals surface area (Å²) in [5, 5.41) is 9.04. The van der Waals surface area contributed by atoms with E-state index in [9.17, 15) is 4.79 Å². The summed E-state index contributed by atoms with van der Waals surface area (Å²) in [5.74, 6) is -0.847. The van der Waals surface area contributed by atoms with Crippen molar-refractivity contribution < 1.29 is 9.90 Å². The van der Waals surface area contributed by atoms with Gasteiger partial charge in [-0.2, -0.15) is 0 Å². The van der Waals surface area contributed by atoms with Crippen LogP contribution in [0.25, 0.3) is 0 Å². The number of hydrogen-bond acceptors (Lipinski definition) is 3. The van der Waals surface area contributed by atoms with Crippen LogP contribution in [0.1, 0.15) is 40.7 Å². The largest absolute Gasteiger partial charge is 0.478 e. The molecular formula is C17H24N2O2. The Hall–Kier alpha value is -1.39. The molecule has 0 bridgehead atoms. The molecule has 0 saturated carbocycles. The number of nitrogens with zero attached hydrogens (tertiary/aromatic N) is 2. The third-order valence-electron chi connectivity index (χ3n) is 4.90. The van der Waals surface area contributed by atoms with E-state index < -0.39 is 5.97 Å². The predicted molar refractivity (Wildman–Crippen MR) is 82.6 cm³/mol. The van der Waals surface area contributed by atoms with Gasteiger partial charge in [0.1, 0.15) is 0 Å². The number of fused-ring (bicyclic) bond motifs is 1. The number of carboxylic acid groups (broad SMARTS) is 1. The smallest absolute Gasteiger partial charge is 0.335 e. The van der Waals surface area contributed by atoms with Gasteiger partial charge in [-0.25, -0.2) is 4.79 Å². The summed E-state index contributed by atoms with van der Waals surface area (Å²) in [5.41, 5.74) is 2.72. The summed E-state index contributed by atoms with van der Waals surface area (Å²) in [7, 11) is 0. The quantitative estimate of drug-likeness (QED) is 0.927. The zero-order valence-electron chi connectivity index (χ0n) is 12.7. The van der Waals surface area contributed by atoms with Gasteiger partial charge in [0, 0.05) is 32.2 Å². The molecule has 2 fully saturated rings. The lowest BCUT2D eigenvalue weighted by atomic mass is 9.98. The SMILES string of the molecule is Cc1cc(C(=O)O)ccc1CN1CCN2CCCCC2C1. The summed E-state index contributed by atoms with van der Waals surface area (Å²) in [6.45, 7) is 7.67. The predicted octanol–water partition coefficient (Wildman–Crippen LogP) is 2.36. The summed E-state index contributed by atoms with van der Waals surface area (Å²) in [6, 6.07) is 6.22. The second-order valence-electron chi connectivity index (χ2n) is 6.37. The minimum Gasteiger partial charge on any atom is -0.478 e. The number of hydrogen-bond donors (Lipinski definition) is 1. The fourth-order valence-corrected chi connectivity index (χ4v) is 3.61. The van der Waals surface area contributed by atoms with Gasteiger partial charge in [-0.15, -0.1) is 0 Å². The van der Waals surface area contributed by atoms with E-state index in [0.29, 0.717) is 5.56 Å². The summed E-state index contributed by atoms with van der Waals surface area (Å²) >= 11 is 0. The standard InChI is InChI=1S/C17H24N2O2/c1-13-10-14(17(20)21)5-6-15(13)11-18-8-9-19-7-3-2-4-16(19)12-18/h5-6,10,16H,2-4,7-9,11-12H2,1H3,(H,20,21). The molecule has 0 aliphatic carbocycles. The molecule has 4 nitrogen and oxygen atoms in total. The van der Waals surface area contributed by atoms with Crippen LogP contribution in [0.3, 0.4) is 0 Å². The van der Waals surface area contributed by atoms with E-state index in [-0.39, 0.29) is 0 Å². The highest BCUT2D eigenvalue weighted by atomic mass is 16.4. The monoisotopic (exact) mass is 288 g/mol. The van der Waals surface area contributed by atoms with Gasteiger partial charge in [-0.05, 0) is 49.6 Å². The summed E-state index contributed by atoms with van der Waals surface area (Å²) in [4.78, 5) is 16.2. The van der Waals surface area contributed by atoms with E-state index in [1.54, 1.807) is 12.1 Å². The Bertz CT molecular complexity index is 530. The normalized spacial score (nSPS) is 23.8. The second kappa shape index (κ2) is 6.16. The van der Waals surface area contributed by atoms with E-state index in [0.717, 1.165) is 31.2 Å². The minimum atomic E-state index is -0.847. The van der Waals surface area contributed by atoms with Crippen molar-refractivity contribution in [3.8, 4) is 0 Å². The molecule has 0 aromatic heterocycles. The molecule has 2 aliphatic heterocycles. The fraction of sp³-hybridized carbons (Fsp3) is 0.588. The van der Waals surface area contributed by atoms with Crippen LogP contribution in [0.4, 0.5) is 0 Å². The second-order valence-corrected chi connectivity index (χ2v) is 6.37. The first kappa shape index (κ1) is 14.5. The van der Waals surface area contributed by atoms with Crippen molar-refractivity contribution in [1.82, 2.24) is 9.80 Å². The van der Waals surface area contributed by atoms with E-state index in [4.69, 9.17) is 5.11 Å². The fourth-order valence-electron chi connectivity index (χ4n) is 3.61. The first-order valence-electron chi connectivity index (χ1n) is 7.93. The average Bonchev–Trinajstić information content (AvgIpc) is 2.49. The maximum Gasteiger partial charge on any atom is 0.335 e. The molecule has 0 spiro atoms. The molecular weight excluding hydrogens is 264 g/mol. The number of aromatic carboxylic acids is 1. The van der Waals surface area contributed by atoms with Gasteiger partial charge < -0.3 is 5.11 Å². The van der Waals surface area contributed by atoms with Gasteiger partial charge in [-0.3, -0.25) is 9.80 Å². The van der Waals surface area contributed by atoms with Crippen molar-refractivity contribution in [3.63, 3.8) is 0 Å². The van der Waals surface area contributed by atoms with E-state index in [1.165, 1.54) is 37.9 Å². The number of aryl methyl sites for hydroxylation is 1. The molecule has 3 rings (SSSR count). The number of piperidine rings is 1. The number of piperazine rings is 1. The zero-order valence-corrected chi connectivity index (χ0v) is 12.7. The topological polar surface area (TPSA) is 43.8 Å². The van der Waals surface area contributed by atoms with Crippen LogP contribution in [0.5, 0.6) is 0 Å². The molecule has 21 heavy (non-hydrogen) atoms. The van der Waals surface area contributed by atoms with Gasteiger partial charge in [-0.1, -0.05) is 12.5 Å². The molecule has 1 atom stereocenters. The molecule has 0 radical (unpaired) electrons. The Balaban J connectivity index is 1.65. The van der Waals surface area contributed by atoms with Crippen LogP contribution >= 0.6 is 0 Å². The number of carbonyl (C=O) groups is 1. The van der Waals surface area contributed by atoms with Crippen LogP contribution in [0.2, 0.25) is 0 Å². The lowest BCUT2D eigenvalue weighted by Gasteiger charge is -2.44. The van der Waals surface area contributed by atoms with E-state index in [1.807, 2.05) is 13.0 Å². The van der Waals surface area contributed by atoms with Gasteiger partial charge in [0.25, 0.3) is 0 Å². The molecule has 4 heteroatoms. The van der Waals surface area contributed by atoms with Crippen molar-refractivity contribution in [2.45, 2.75) is 38.8 Å². The van der Waals surface area contributed by atoms with Crippen molar-refractivity contribution in [3.05, 3.63) is 34.9 Å².